The Hall–Kier alpha value is -3.07. The number of aromatic nitrogens is 2. The number of carbonyl (C=O) groups is 1. The summed E-state index contributed by atoms with van der Waals surface area (Å²) in [6, 6.07) is 16.2. The smallest absolute Gasteiger partial charge is 0.275 e. The van der Waals surface area contributed by atoms with Gasteiger partial charge >= 0.3 is 0 Å². The van der Waals surface area contributed by atoms with Crippen molar-refractivity contribution in [3.63, 3.8) is 0 Å². The summed E-state index contributed by atoms with van der Waals surface area (Å²) >= 11 is 3.13. The molecule has 1 aliphatic heterocycles. The Morgan fingerprint density at radius 1 is 0.970 bits per heavy atom. The molecule has 1 aliphatic rings. The van der Waals surface area contributed by atoms with Gasteiger partial charge in [0.15, 0.2) is 0 Å². The Labute approximate surface area is 201 Å². The molecule has 168 valence electrons. The van der Waals surface area contributed by atoms with Crippen LogP contribution in [0.1, 0.15) is 16.1 Å². The molecule has 1 N–H and O–H groups in total. The molecule has 3 aromatic heterocycles. The highest BCUT2D eigenvalue weighted by atomic mass is 32.1. The van der Waals surface area contributed by atoms with Crippen molar-refractivity contribution in [1.82, 2.24) is 14.9 Å². The standard InChI is InChI=1S/C25H25N5OS2/c31-24(21-18-33-25(28-21)23-6-3-17-32-23)27-20-4-1-2-5-22(20)30-15-13-29(14-16-30)12-9-19-7-10-26-11-8-19/h1-8,10-11,17-18H,9,12-16H2,(H,27,31). The maximum Gasteiger partial charge on any atom is 0.275 e. The van der Waals surface area contributed by atoms with E-state index in [4.69, 9.17) is 0 Å². The van der Waals surface area contributed by atoms with Crippen LogP contribution in [0.25, 0.3) is 9.88 Å². The number of piperazine rings is 1. The topological polar surface area (TPSA) is 61.4 Å². The molecule has 0 saturated carbocycles. The fourth-order valence-electron chi connectivity index (χ4n) is 3.98. The fourth-order valence-corrected chi connectivity index (χ4v) is 5.60. The van der Waals surface area contributed by atoms with Gasteiger partial charge in [0.05, 0.1) is 16.3 Å². The molecule has 0 radical (unpaired) electrons. The third kappa shape index (κ3) is 5.30. The number of thiazole rings is 1. The largest absolute Gasteiger partial charge is 0.367 e. The molecule has 0 aliphatic carbocycles. The van der Waals surface area contributed by atoms with Crippen LogP contribution in [0, 0.1) is 0 Å². The lowest BCUT2D eigenvalue weighted by Gasteiger charge is -2.37. The van der Waals surface area contributed by atoms with Crippen LogP contribution in [0.2, 0.25) is 0 Å². The van der Waals surface area contributed by atoms with Crippen LogP contribution in [0.5, 0.6) is 0 Å². The molecule has 0 atom stereocenters. The number of nitrogens with zero attached hydrogens (tertiary/aromatic N) is 4. The van der Waals surface area contributed by atoms with Gasteiger partial charge in [0, 0.05) is 50.5 Å². The summed E-state index contributed by atoms with van der Waals surface area (Å²) in [6.45, 7) is 4.92. The zero-order valence-corrected chi connectivity index (χ0v) is 19.8. The highest BCUT2D eigenvalue weighted by Gasteiger charge is 2.20. The van der Waals surface area contributed by atoms with Crippen LogP contribution < -0.4 is 10.2 Å². The predicted octanol–water partition coefficient (Wildman–Crippen LogP) is 4.88. The number of nitrogens with one attached hydrogen (secondary N) is 1. The van der Waals surface area contributed by atoms with Crippen molar-refractivity contribution < 1.29 is 4.79 Å². The zero-order valence-electron chi connectivity index (χ0n) is 18.2. The monoisotopic (exact) mass is 475 g/mol. The Morgan fingerprint density at radius 2 is 1.79 bits per heavy atom. The molecule has 8 heteroatoms. The SMILES string of the molecule is O=C(Nc1ccccc1N1CCN(CCc2ccncc2)CC1)c1csc(-c2cccs2)n1. The highest BCUT2D eigenvalue weighted by Crippen LogP contribution is 2.30. The van der Waals surface area contributed by atoms with Crippen molar-refractivity contribution in [1.29, 1.82) is 0 Å². The Bertz CT molecular complexity index is 1180. The van der Waals surface area contributed by atoms with E-state index >= 15 is 0 Å². The van der Waals surface area contributed by atoms with E-state index in [2.05, 4.69) is 43.3 Å². The number of thiophene rings is 1. The van der Waals surface area contributed by atoms with Crippen LogP contribution in [0.15, 0.2) is 71.7 Å². The van der Waals surface area contributed by atoms with Crippen LogP contribution in [0.3, 0.4) is 0 Å². The highest BCUT2D eigenvalue weighted by molar-refractivity contribution is 7.20. The summed E-state index contributed by atoms with van der Waals surface area (Å²) in [7, 11) is 0. The van der Waals surface area contributed by atoms with E-state index in [1.165, 1.54) is 16.9 Å². The average Bonchev–Trinajstić information content (AvgIpc) is 3.57. The third-order valence-corrected chi connectivity index (χ3v) is 7.68. The first-order valence-electron chi connectivity index (χ1n) is 11.0. The first kappa shape index (κ1) is 21.8. The second-order valence-corrected chi connectivity index (χ2v) is 9.73. The van der Waals surface area contributed by atoms with Crippen LogP contribution in [-0.2, 0) is 6.42 Å². The summed E-state index contributed by atoms with van der Waals surface area (Å²) < 4.78 is 0. The number of hydrogen-bond donors (Lipinski definition) is 1. The third-order valence-electron chi connectivity index (χ3n) is 5.80. The van der Waals surface area contributed by atoms with Crippen molar-refractivity contribution in [2.24, 2.45) is 0 Å². The number of hydrogen-bond acceptors (Lipinski definition) is 7. The second kappa shape index (κ2) is 10.2. The van der Waals surface area contributed by atoms with E-state index in [-0.39, 0.29) is 5.91 Å². The molecule has 1 fully saturated rings. The average molecular weight is 476 g/mol. The summed E-state index contributed by atoms with van der Waals surface area (Å²) in [4.78, 5) is 27.5. The minimum Gasteiger partial charge on any atom is -0.367 e. The number of anilines is 2. The van der Waals surface area contributed by atoms with E-state index in [0.29, 0.717) is 5.69 Å². The lowest BCUT2D eigenvalue weighted by Crippen LogP contribution is -2.47. The first-order valence-corrected chi connectivity index (χ1v) is 12.8. The molecule has 1 saturated heterocycles. The molecule has 0 unspecified atom stereocenters. The molecule has 5 rings (SSSR count). The quantitative estimate of drug-likeness (QED) is 0.413. The first-order chi connectivity index (χ1) is 16.3. The molecule has 4 aromatic rings. The number of carbonyl (C=O) groups excluding carboxylic acids is 1. The van der Waals surface area contributed by atoms with E-state index in [1.807, 2.05) is 53.5 Å². The maximum absolute atomic E-state index is 12.9. The van der Waals surface area contributed by atoms with Gasteiger partial charge in [0.25, 0.3) is 5.91 Å². The van der Waals surface area contributed by atoms with E-state index in [1.54, 1.807) is 11.3 Å². The van der Waals surface area contributed by atoms with Crippen LogP contribution in [-0.4, -0.2) is 53.5 Å². The van der Waals surface area contributed by atoms with Gasteiger partial charge in [-0.2, -0.15) is 0 Å². The number of pyridine rings is 1. The molecule has 4 heterocycles. The Kier molecular flexibility index (Phi) is 6.76. The van der Waals surface area contributed by atoms with Crippen molar-refractivity contribution in [3.05, 3.63) is 82.9 Å². The molecular formula is C25H25N5OS2. The molecular weight excluding hydrogens is 450 g/mol. The van der Waals surface area contributed by atoms with Gasteiger partial charge in [0.2, 0.25) is 0 Å². The Balaban J connectivity index is 1.20. The fraction of sp³-hybridized carbons (Fsp3) is 0.240. The number of para-hydroxylation sites is 2. The van der Waals surface area contributed by atoms with Crippen molar-refractivity contribution >= 4 is 40.0 Å². The van der Waals surface area contributed by atoms with Crippen LogP contribution in [0.4, 0.5) is 11.4 Å². The summed E-state index contributed by atoms with van der Waals surface area (Å²) in [5.74, 6) is -0.169. The molecule has 0 bridgehead atoms. The van der Waals surface area contributed by atoms with Crippen molar-refractivity contribution in [3.8, 4) is 9.88 Å². The van der Waals surface area contributed by atoms with Gasteiger partial charge in [-0.05, 0) is 47.7 Å². The zero-order chi connectivity index (χ0) is 22.5. The maximum atomic E-state index is 12.9. The molecule has 33 heavy (non-hydrogen) atoms. The van der Waals surface area contributed by atoms with Gasteiger partial charge in [-0.3, -0.25) is 14.7 Å². The number of rotatable bonds is 7. The van der Waals surface area contributed by atoms with E-state index in [9.17, 15) is 4.79 Å². The van der Waals surface area contributed by atoms with Gasteiger partial charge < -0.3 is 10.2 Å². The second-order valence-electron chi connectivity index (χ2n) is 7.92. The van der Waals surface area contributed by atoms with Gasteiger partial charge in [-0.1, -0.05) is 18.2 Å². The molecule has 1 amide bonds. The van der Waals surface area contributed by atoms with Crippen molar-refractivity contribution in [2.75, 3.05) is 42.9 Å². The van der Waals surface area contributed by atoms with Gasteiger partial charge in [-0.15, -0.1) is 22.7 Å². The van der Waals surface area contributed by atoms with Gasteiger partial charge in [-0.25, -0.2) is 4.98 Å². The molecule has 1 aromatic carbocycles. The summed E-state index contributed by atoms with van der Waals surface area (Å²) in [5, 5.41) is 7.82. The molecule has 6 nitrogen and oxygen atoms in total. The Morgan fingerprint density at radius 3 is 2.58 bits per heavy atom. The summed E-state index contributed by atoms with van der Waals surface area (Å²) in [6.07, 6.45) is 4.75. The van der Waals surface area contributed by atoms with Gasteiger partial charge in [0.1, 0.15) is 10.7 Å². The van der Waals surface area contributed by atoms with Crippen molar-refractivity contribution in [2.45, 2.75) is 6.42 Å². The lowest BCUT2D eigenvalue weighted by atomic mass is 10.1. The normalized spacial score (nSPS) is 14.4. The minimum absolute atomic E-state index is 0.169. The predicted molar refractivity (Wildman–Crippen MR) is 136 cm³/mol. The van der Waals surface area contributed by atoms with E-state index < -0.39 is 0 Å². The summed E-state index contributed by atoms with van der Waals surface area (Å²) in [5.41, 5.74) is 3.68. The lowest BCUT2D eigenvalue weighted by molar-refractivity contribution is 0.102. The van der Waals surface area contributed by atoms with E-state index in [0.717, 1.165) is 60.4 Å². The number of benzene rings is 1. The molecule has 0 spiro atoms. The minimum atomic E-state index is -0.169. The van der Waals surface area contributed by atoms with Crippen LogP contribution >= 0.6 is 22.7 Å². The number of amides is 1.